The molecule has 0 fully saturated rings. The molecule has 0 aliphatic heterocycles. The number of hydrogen-bond donors (Lipinski definition) is 0. The van der Waals surface area contributed by atoms with Crippen LogP contribution in [0.25, 0.3) is 0 Å². The fourth-order valence-electron chi connectivity index (χ4n) is 1.52. The maximum absolute atomic E-state index is 5.62. The molecule has 1 aromatic rings. The standard InChI is InChI=1S/C15H20O/c1-3-8-14(4-2)11-12-16-13-15-9-6-5-7-10-15/h3-10,14H,2,11-13H2,1H3/b8-3+. The molecule has 0 amide bonds. The molecule has 0 saturated carbocycles. The monoisotopic (exact) mass is 216 g/mol. The Labute approximate surface area is 98.5 Å². The highest BCUT2D eigenvalue weighted by Gasteiger charge is 1.99. The van der Waals surface area contributed by atoms with E-state index in [1.165, 1.54) is 5.56 Å². The van der Waals surface area contributed by atoms with Gasteiger partial charge < -0.3 is 4.74 Å². The zero-order chi connectivity index (χ0) is 11.6. The van der Waals surface area contributed by atoms with E-state index in [4.69, 9.17) is 4.74 Å². The molecule has 0 aliphatic carbocycles. The van der Waals surface area contributed by atoms with Crippen LogP contribution in [0.15, 0.2) is 55.1 Å². The van der Waals surface area contributed by atoms with Gasteiger partial charge in [-0.1, -0.05) is 48.6 Å². The number of ether oxygens (including phenoxy) is 1. The van der Waals surface area contributed by atoms with Crippen LogP contribution in [0.4, 0.5) is 0 Å². The van der Waals surface area contributed by atoms with Crippen LogP contribution >= 0.6 is 0 Å². The van der Waals surface area contributed by atoms with E-state index in [2.05, 4.69) is 30.9 Å². The van der Waals surface area contributed by atoms with E-state index in [0.29, 0.717) is 12.5 Å². The summed E-state index contributed by atoms with van der Waals surface area (Å²) in [5.74, 6) is 0.431. The number of hydrogen-bond acceptors (Lipinski definition) is 1. The van der Waals surface area contributed by atoms with E-state index in [9.17, 15) is 0 Å². The van der Waals surface area contributed by atoms with E-state index in [1.807, 2.05) is 31.2 Å². The van der Waals surface area contributed by atoms with Crippen molar-refractivity contribution in [1.82, 2.24) is 0 Å². The third-order valence-electron chi connectivity index (χ3n) is 2.45. The Kier molecular flexibility index (Phi) is 6.28. The SMILES string of the molecule is C=CC(/C=C/C)CCOCc1ccccc1. The van der Waals surface area contributed by atoms with E-state index in [-0.39, 0.29) is 0 Å². The van der Waals surface area contributed by atoms with Crippen LogP contribution in [0.2, 0.25) is 0 Å². The van der Waals surface area contributed by atoms with Crippen LogP contribution in [0.5, 0.6) is 0 Å². The van der Waals surface area contributed by atoms with Crippen molar-refractivity contribution in [2.45, 2.75) is 20.0 Å². The summed E-state index contributed by atoms with van der Waals surface area (Å²) in [7, 11) is 0. The van der Waals surface area contributed by atoms with Crippen molar-refractivity contribution in [2.75, 3.05) is 6.61 Å². The van der Waals surface area contributed by atoms with Crippen molar-refractivity contribution in [3.63, 3.8) is 0 Å². The smallest absolute Gasteiger partial charge is 0.0716 e. The third-order valence-corrected chi connectivity index (χ3v) is 2.45. The van der Waals surface area contributed by atoms with Gasteiger partial charge in [-0.05, 0) is 24.8 Å². The van der Waals surface area contributed by atoms with Gasteiger partial charge in [-0.15, -0.1) is 6.58 Å². The first-order valence-electron chi connectivity index (χ1n) is 5.74. The van der Waals surface area contributed by atoms with Crippen molar-refractivity contribution >= 4 is 0 Å². The lowest BCUT2D eigenvalue weighted by Gasteiger charge is -2.08. The molecule has 1 nitrogen and oxygen atoms in total. The molecule has 1 atom stereocenters. The number of benzene rings is 1. The molecule has 0 aliphatic rings. The molecule has 0 spiro atoms. The second kappa shape index (κ2) is 7.89. The van der Waals surface area contributed by atoms with E-state index in [1.54, 1.807) is 0 Å². The van der Waals surface area contributed by atoms with Gasteiger partial charge >= 0.3 is 0 Å². The predicted octanol–water partition coefficient (Wildman–Crippen LogP) is 3.97. The van der Waals surface area contributed by atoms with Crippen molar-refractivity contribution in [2.24, 2.45) is 5.92 Å². The van der Waals surface area contributed by atoms with Gasteiger partial charge in [0, 0.05) is 6.61 Å². The molecule has 0 heterocycles. The topological polar surface area (TPSA) is 9.23 Å². The fourth-order valence-corrected chi connectivity index (χ4v) is 1.52. The van der Waals surface area contributed by atoms with Crippen LogP contribution in [-0.2, 0) is 11.3 Å². The highest BCUT2D eigenvalue weighted by atomic mass is 16.5. The number of rotatable bonds is 7. The Hall–Kier alpha value is -1.34. The van der Waals surface area contributed by atoms with Crippen LogP contribution in [0, 0.1) is 5.92 Å². The molecule has 0 bridgehead atoms. The summed E-state index contributed by atoms with van der Waals surface area (Å²) in [5, 5.41) is 0. The Morgan fingerprint density at radius 1 is 1.31 bits per heavy atom. The van der Waals surface area contributed by atoms with E-state index < -0.39 is 0 Å². The average molecular weight is 216 g/mol. The van der Waals surface area contributed by atoms with Gasteiger partial charge in [0.05, 0.1) is 6.61 Å². The Morgan fingerprint density at radius 3 is 2.69 bits per heavy atom. The van der Waals surface area contributed by atoms with Crippen molar-refractivity contribution < 1.29 is 4.74 Å². The summed E-state index contributed by atoms with van der Waals surface area (Å²) in [5.41, 5.74) is 1.23. The molecule has 0 N–H and O–H groups in total. The second-order valence-electron chi connectivity index (χ2n) is 3.75. The van der Waals surface area contributed by atoms with Crippen molar-refractivity contribution in [3.8, 4) is 0 Å². The maximum Gasteiger partial charge on any atom is 0.0716 e. The largest absolute Gasteiger partial charge is 0.377 e. The van der Waals surface area contributed by atoms with Gasteiger partial charge in [0.25, 0.3) is 0 Å². The summed E-state index contributed by atoms with van der Waals surface area (Å²) < 4.78 is 5.62. The van der Waals surface area contributed by atoms with Gasteiger partial charge in [0.1, 0.15) is 0 Å². The Morgan fingerprint density at radius 2 is 2.06 bits per heavy atom. The fraction of sp³-hybridized carbons (Fsp3) is 0.333. The molecule has 1 unspecified atom stereocenters. The summed E-state index contributed by atoms with van der Waals surface area (Å²) in [6.07, 6.45) is 7.18. The van der Waals surface area contributed by atoms with Crippen LogP contribution in [0.3, 0.4) is 0 Å². The summed E-state index contributed by atoms with van der Waals surface area (Å²) >= 11 is 0. The molecule has 1 aromatic carbocycles. The molecule has 1 heteroatoms. The van der Waals surface area contributed by atoms with Gasteiger partial charge in [0.15, 0.2) is 0 Å². The first-order chi connectivity index (χ1) is 7.86. The molecule has 1 rings (SSSR count). The molecule has 0 aromatic heterocycles. The molecular weight excluding hydrogens is 196 g/mol. The average Bonchev–Trinajstić information content (AvgIpc) is 2.34. The number of allylic oxidation sites excluding steroid dienone is 3. The molecular formula is C15H20O. The molecule has 0 saturated heterocycles. The maximum atomic E-state index is 5.62. The first kappa shape index (κ1) is 12.7. The zero-order valence-electron chi connectivity index (χ0n) is 9.93. The second-order valence-corrected chi connectivity index (χ2v) is 3.75. The Bertz CT molecular complexity index is 313. The van der Waals surface area contributed by atoms with Crippen molar-refractivity contribution in [1.29, 1.82) is 0 Å². The van der Waals surface area contributed by atoms with Gasteiger partial charge in [-0.25, -0.2) is 0 Å². The molecule has 86 valence electrons. The third kappa shape index (κ3) is 4.94. The minimum Gasteiger partial charge on any atom is -0.377 e. The predicted molar refractivity (Wildman–Crippen MR) is 69.2 cm³/mol. The van der Waals surface area contributed by atoms with Crippen LogP contribution in [0.1, 0.15) is 18.9 Å². The van der Waals surface area contributed by atoms with Crippen LogP contribution in [-0.4, -0.2) is 6.61 Å². The van der Waals surface area contributed by atoms with Gasteiger partial charge in [-0.2, -0.15) is 0 Å². The summed E-state index contributed by atoms with van der Waals surface area (Å²) in [6.45, 7) is 7.31. The van der Waals surface area contributed by atoms with Crippen LogP contribution < -0.4 is 0 Å². The normalized spacial score (nSPS) is 12.8. The minimum absolute atomic E-state index is 0.431. The van der Waals surface area contributed by atoms with Gasteiger partial charge in [0.2, 0.25) is 0 Å². The first-order valence-corrected chi connectivity index (χ1v) is 5.74. The quantitative estimate of drug-likeness (QED) is 0.495. The molecule has 16 heavy (non-hydrogen) atoms. The summed E-state index contributed by atoms with van der Waals surface area (Å²) in [4.78, 5) is 0. The lowest BCUT2D eigenvalue weighted by atomic mass is 10.1. The lowest BCUT2D eigenvalue weighted by molar-refractivity contribution is 0.114. The summed E-state index contributed by atoms with van der Waals surface area (Å²) in [6, 6.07) is 10.2. The highest BCUT2D eigenvalue weighted by Crippen LogP contribution is 2.08. The zero-order valence-corrected chi connectivity index (χ0v) is 9.93. The van der Waals surface area contributed by atoms with Gasteiger partial charge in [-0.3, -0.25) is 0 Å². The van der Waals surface area contributed by atoms with Crippen molar-refractivity contribution in [3.05, 3.63) is 60.7 Å². The lowest BCUT2D eigenvalue weighted by Crippen LogP contribution is -2.00. The van der Waals surface area contributed by atoms with E-state index in [0.717, 1.165) is 13.0 Å². The molecule has 0 radical (unpaired) electrons. The highest BCUT2D eigenvalue weighted by molar-refractivity contribution is 5.13. The minimum atomic E-state index is 0.431. The van der Waals surface area contributed by atoms with E-state index >= 15 is 0 Å². The Balaban J connectivity index is 2.19.